The van der Waals surface area contributed by atoms with Gasteiger partial charge in [-0.1, -0.05) is 48.0 Å². The van der Waals surface area contributed by atoms with E-state index >= 15 is 0 Å². The minimum Gasteiger partial charge on any atom is -0.382 e. The van der Waals surface area contributed by atoms with Crippen molar-refractivity contribution in [1.29, 1.82) is 0 Å². The predicted octanol–water partition coefficient (Wildman–Crippen LogP) is 6.05. The Morgan fingerprint density at radius 3 is 2.29 bits per heavy atom. The summed E-state index contributed by atoms with van der Waals surface area (Å²) in [5, 5.41) is 13.2. The quantitative estimate of drug-likeness (QED) is 0.316. The second kappa shape index (κ2) is 9.66. The van der Waals surface area contributed by atoms with E-state index in [4.69, 9.17) is 17.3 Å². The molecule has 4 aromatic rings. The molecule has 0 aliphatic rings. The van der Waals surface area contributed by atoms with Crippen LogP contribution in [0.1, 0.15) is 12.6 Å². The van der Waals surface area contributed by atoms with Crippen LogP contribution >= 0.6 is 11.6 Å². The number of benzene rings is 3. The Balaban J connectivity index is 1.70. The van der Waals surface area contributed by atoms with Gasteiger partial charge < -0.3 is 5.73 Å². The molecule has 0 radical (unpaired) electrons. The maximum atomic E-state index is 13.3. The van der Waals surface area contributed by atoms with Gasteiger partial charge >= 0.3 is 0 Å². The SMILES string of the molecule is CCN(c1ccccc1)S(=O)(=O)c1ccc(Cl)c(/N=N/c2c(C)nn(-c3ccccc3)c2N)c1. The molecule has 0 spiro atoms. The number of hydrogen-bond donors (Lipinski definition) is 1. The lowest BCUT2D eigenvalue weighted by atomic mass is 10.3. The van der Waals surface area contributed by atoms with Crippen molar-refractivity contribution < 1.29 is 8.42 Å². The molecule has 174 valence electrons. The number of rotatable bonds is 7. The Bertz CT molecular complexity index is 1440. The van der Waals surface area contributed by atoms with Gasteiger partial charge in [0.2, 0.25) is 0 Å². The summed E-state index contributed by atoms with van der Waals surface area (Å²) in [5.74, 6) is 0.314. The lowest BCUT2D eigenvalue weighted by Gasteiger charge is -2.23. The van der Waals surface area contributed by atoms with Crippen LogP contribution in [0, 0.1) is 6.92 Å². The first-order valence-electron chi connectivity index (χ1n) is 10.5. The fourth-order valence-electron chi connectivity index (χ4n) is 3.47. The van der Waals surface area contributed by atoms with Crippen LogP contribution in [0.3, 0.4) is 0 Å². The van der Waals surface area contributed by atoms with Crippen molar-refractivity contribution >= 4 is 44.5 Å². The number of hydrogen-bond acceptors (Lipinski definition) is 6. The molecule has 0 aliphatic carbocycles. The van der Waals surface area contributed by atoms with Gasteiger partial charge in [-0.25, -0.2) is 13.1 Å². The minimum absolute atomic E-state index is 0.0567. The summed E-state index contributed by atoms with van der Waals surface area (Å²) >= 11 is 6.31. The predicted molar refractivity (Wildman–Crippen MR) is 135 cm³/mol. The number of halogens is 1. The zero-order valence-corrected chi connectivity index (χ0v) is 20.2. The van der Waals surface area contributed by atoms with Gasteiger partial charge in [0.1, 0.15) is 5.69 Å². The molecule has 34 heavy (non-hydrogen) atoms. The number of azo groups is 1. The number of aromatic nitrogens is 2. The van der Waals surface area contributed by atoms with Gasteiger partial charge in [0, 0.05) is 6.54 Å². The maximum Gasteiger partial charge on any atom is 0.264 e. The molecule has 0 aliphatic heterocycles. The molecule has 0 atom stereocenters. The summed E-state index contributed by atoms with van der Waals surface area (Å²) in [6.45, 7) is 3.81. The first kappa shape index (κ1) is 23.5. The molecule has 3 aromatic carbocycles. The van der Waals surface area contributed by atoms with Crippen LogP contribution in [0.2, 0.25) is 5.02 Å². The van der Waals surface area contributed by atoms with Crippen LogP contribution in [-0.2, 0) is 10.0 Å². The van der Waals surface area contributed by atoms with E-state index in [0.29, 0.717) is 22.9 Å². The zero-order valence-electron chi connectivity index (χ0n) is 18.6. The van der Waals surface area contributed by atoms with Crippen molar-refractivity contribution in [3.05, 3.63) is 89.6 Å². The van der Waals surface area contributed by atoms with E-state index in [1.54, 1.807) is 42.8 Å². The fourth-order valence-corrected chi connectivity index (χ4v) is 5.12. The Labute approximate surface area is 203 Å². The van der Waals surface area contributed by atoms with E-state index in [1.807, 2.05) is 36.4 Å². The van der Waals surface area contributed by atoms with Crippen molar-refractivity contribution in [2.24, 2.45) is 10.2 Å². The monoisotopic (exact) mass is 494 g/mol. The van der Waals surface area contributed by atoms with Crippen LogP contribution in [0.15, 0.2) is 94.0 Å². The van der Waals surface area contributed by atoms with E-state index in [-0.39, 0.29) is 22.2 Å². The normalized spacial score (nSPS) is 11.7. The van der Waals surface area contributed by atoms with Gasteiger partial charge in [0.05, 0.1) is 27.0 Å². The molecule has 0 saturated carbocycles. The van der Waals surface area contributed by atoms with Crippen molar-refractivity contribution in [3.63, 3.8) is 0 Å². The van der Waals surface area contributed by atoms with Crippen molar-refractivity contribution in [1.82, 2.24) is 9.78 Å². The van der Waals surface area contributed by atoms with Crippen LogP contribution in [0.4, 0.5) is 22.9 Å². The minimum atomic E-state index is -3.84. The lowest BCUT2D eigenvalue weighted by Crippen LogP contribution is -2.30. The van der Waals surface area contributed by atoms with Crippen LogP contribution in [-0.4, -0.2) is 24.7 Å². The number of aryl methyl sites for hydroxylation is 1. The van der Waals surface area contributed by atoms with Crippen LogP contribution < -0.4 is 10.0 Å². The van der Waals surface area contributed by atoms with E-state index in [9.17, 15) is 8.42 Å². The van der Waals surface area contributed by atoms with E-state index in [1.165, 1.54) is 22.5 Å². The lowest BCUT2D eigenvalue weighted by molar-refractivity contribution is 0.592. The Morgan fingerprint density at radius 1 is 1.00 bits per heavy atom. The highest BCUT2D eigenvalue weighted by molar-refractivity contribution is 7.92. The number of nitrogens with zero attached hydrogens (tertiary/aromatic N) is 5. The largest absolute Gasteiger partial charge is 0.382 e. The summed E-state index contributed by atoms with van der Waals surface area (Å²) in [4.78, 5) is 0.0567. The standard InChI is InChI=1S/C24H23ClN6O2S/c1-3-30(18-10-6-4-7-11-18)34(32,33)20-14-15-21(25)22(16-20)27-28-23-17(2)29-31(24(23)26)19-12-8-5-9-13-19/h4-16H,3,26H2,1-2H3/b28-27+. The van der Waals surface area contributed by atoms with Crippen LogP contribution in [0.25, 0.3) is 5.69 Å². The molecule has 0 amide bonds. The average Bonchev–Trinajstić information content (AvgIpc) is 3.13. The zero-order chi connectivity index (χ0) is 24.3. The highest BCUT2D eigenvalue weighted by Crippen LogP contribution is 2.34. The molecule has 8 nitrogen and oxygen atoms in total. The molecule has 0 unspecified atom stereocenters. The topological polar surface area (TPSA) is 106 Å². The maximum absolute atomic E-state index is 13.3. The first-order chi connectivity index (χ1) is 16.3. The van der Waals surface area contributed by atoms with Gasteiger partial charge in [0.25, 0.3) is 10.0 Å². The molecular formula is C24H23ClN6O2S. The molecular weight excluding hydrogens is 472 g/mol. The molecule has 0 bridgehead atoms. The van der Waals surface area contributed by atoms with E-state index in [0.717, 1.165) is 5.69 Å². The van der Waals surface area contributed by atoms with Gasteiger partial charge in [-0.05, 0) is 56.3 Å². The molecule has 10 heteroatoms. The third-order valence-electron chi connectivity index (χ3n) is 5.16. The smallest absolute Gasteiger partial charge is 0.264 e. The second-order valence-corrected chi connectivity index (χ2v) is 9.65. The Hall–Kier alpha value is -3.69. The molecule has 4 rings (SSSR count). The fraction of sp³-hybridized carbons (Fsp3) is 0.125. The summed E-state index contributed by atoms with van der Waals surface area (Å²) in [7, 11) is -3.84. The van der Waals surface area contributed by atoms with Crippen molar-refractivity contribution in [3.8, 4) is 5.69 Å². The number of anilines is 2. The number of para-hydroxylation sites is 2. The van der Waals surface area contributed by atoms with Gasteiger partial charge in [0.15, 0.2) is 11.5 Å². The summed E-state index contributed by atoms with van der Waals surface area (Å²) in [6.07, 6.45) is 0. The second-order valence-electron chi connectivity index (χ2n) is 7.39. The van der Waals surface area contributed by atoms with E-state index < -0.39 is 10.0 Å². The first-order valence-corrected chi connectivity index (χ1v) is 12.3. The third kappa shape index (κ3) is 4.52. The van der Waals surface area contributed by atoms with Gasteiger partial charge in [-0.2, -0.15) is 5.10 Å². The molecule has 1 aromatic heterocycles. The summed E-state index contributed by atoms with van der Waals surface area (Å²) < 4.78 is 29.6. The Kier molecular flexibility index (Phi) is 6.67. The highest BCUT2D eigenvalue weighted by atomic mass is 35.5. The third-order valence-corrected chi connectivity index (χ3v) is 7.38. The Morgan fingerprint density at radius 2 is 1.65 bits per heavy atom. The van der Waals surface area contributed by atoms with Gasteiger partial charge in [-0.15, -0.1) is 10.2 Å². The average molecular weight is 495 g/mol. The molecule has 0 fully saturated rings. The van der Waals surface area contributed by atoms with E-state index in [2.05, 4.69) is 15.3 Å². The summed E-state index contributed by atoms with van der Waals surface area (Å²) in [5.41, 5.74) is 8.79. The van der Waals surface area contributed by atoms with Crippen LogP contribution in [0.5, 0.6) is 0 Å². The van der Waals surface area contributed by atoms with Crippen molar-refractivity contribution in [2.45, 2.75) is 18.7 Å². The summed E-state index contributed by atoms with van der Waals surface area (Å²) in [6, 6.07) is 22.7. The highest BCUT2D eigenvalue weighted by Gasteiger charge is 2.24. The number of sulfonamides is 1. The number of nitrogens with two attached hydrogens (primary N) is 1. The molecule has 2 N–H and O–H groups in total. The molecule has 1 heterocycles. The number of nitrogen functional groups attached to an aromatic ring is 1. The molecule has 0 saturated heterocycles. The van der Waals surface area contributed by atoms with Gasteiger partial charge in [-0.3, -0.25) is 4.31 Å². The van der Waals surface area contributed by atoms with Crippen molar-refractivity contribution in [2.75, 3.05) is 16.6 Å².